The van der Waals surface area contributed by atoms with E-state index in [9.17, 15) is 0 Å². The van der Waals surface area contributed by atoms with E-state index < -0.39 is 42.3 Å². The molecule has 0 unspecified atom stereocenters. The van der Waals surface area contributed by atoms with Crippen LogP contribution in [0.5, 0.6) is 0 Å². The van der Waals surface area contributed by atoms with E-state index >= 15 is 0 Å². The van der Waals surface area contributed by atoms with Gasteiger partial charge in [0.2, 0.25) is 0 Å². The zero-order valence-electron chi connectivity index (χ0n) is 16.0. The lowest BCUT2D eigenvalue weighted by atomic mass is 10.0. The molecule has 13 heavy (non-hydrogen) atoms. The summed E-state index contributed by atoms with van der Waals surface area (Å²) in [5.74, 6) is 0. The fourth-order valence-electron chi connectivity index (χ4n) is 0.875. The molecule has 0 saturated heterocycles. The van der Waals surface area contributed by atoms with Gasteiger partial charge in [-0.1, -0.05) is 59.9 Å². The summed E-state index contributed by atoms with van der Waals surface area (Å²) in [6.45, 7) is 1.44. The topological polar surface area (TPSA) is 0 Å². The summed E-state index contributed by atoms with van der Waals surface area (Å²) in [6.07, 6.45) is 0. The van der Waals surface area contributed by atoms with Crippen LogP contribution >= 0.6 is 0 Å². The van der Waals surface area contributed by atoms with Crippen LogP contribution in [0, 0.1) is 6.92 Å². The first kappa shape index (κ1) is 2.71. The highest BCUT2D eigenvalue weighted by atomic mass is 14.0. The molecule has 0 nitrogen and oxygen atoms in total. The molecule has 0 aliphatic heterocycles. The Balaban J connectivity index is 3.03. The van der Waals surface area contributed by atoms with E-state index in [-0.39, 0.29) is 28.8 Å². The van der Waals surface area contributed by atoms with Crippen LogP contribution in [0.25, 0.3) is 11.1 Å². The van der Waals surface area contributed by atoms with Crippen LogP contribution in [0.2, 0.25) is 0 Å². The van der Waals surface area contributed by atoms with E-state index in [1.807, 2.05) is 0 Å². The monoisotopic (exact) mass is 177 g/mol. The third-order valence-corrected chi connectivity index (χ3v) is 1.50. The summed E-state index contributed by atoms with van der Waals surface area (Å²) in [5.41, 5.74) is -0.452. The lowest BCUT2D eigenvalue weighted by Gasteiger charge is -2.00. The lowest BCUT2D eigenvalue weighted by molar-refractivity contribution is 1.47. The second kappa shape index (κ2) is 3.44. The van der Waals surface area contributed by atoms with E-state index in [2.05, 4.69) is 0 Å². The fraction of sp³-hybridized carbons (Fsp3) is 0.0769. The van der Waals surface area contributed by atoms with Crippen molar-refractivity contribution in [3.8, 4) is 11.1 Å². The zero-order valence-corrected chi connectivity index (χ0v) is 7.00. The SMILES string of the molecule is [2H]c1c([2H])c([2H])c(-c2c([2H])c([2H])c(C)c([2H])c2[2H])c([2H])c1[2H]. The average Bonchev–Trinajstić information content (AvgIpc) is 2.50. The molecule has 0 aromatic heterocycles. The van der Waals surface area contributed by atoms with Crippen molar-refractivity contribution in [1.29, 1.82) is 0 Å². The molecule has 0 bridgehead atoms. The van der Waals surface area contributed by atoms with E-state index in [0.29, 0.717) is 0 Å². The molecule has 0 atom stereocenters. The first-order valence-electron chi connectivity index (χ1n) is 8.25. The Morgan fingerprint density at radius 3 is 1.92 bits per heavy atom. The van der Waals surface area contributed by atoms with Gasteiger partial charge in [-0.2, -0.15) is 0 Å². The maximum absolute atomic E-state index is 7.97. The average molecular weight is 177 g/mol. The van der Waals surface area contributed by atoms with Crippen molar-refractivity contribution in [3.63, 3.8) is 0 Å². The van der Waals surface area contributed by atoms with Crippen LogP contribution < -0.4 is 0 Å². The molecule has 0 fully saturated rings. The number of rotatable bonds is 1. The molecule has 64 valence electrons. The Hall–Kier alpha value is -1.56. The first-order chi connectivity index (χ1) is 10.1. The third kappa shape index (κ3) is 1.78. The van der Waals surface area contributed by atoms with Gasteiger partial charge in [-0.05, 0) is 18.1 Å². The van der Waals surface area contributed by atoms with Crippen LogP contribution in [0.15, 0.2) is 54.4 Å². The number of hydrogen-bond acceptors (Lipinski definition) is 0. The van der Waals surface area contributed by atoms with Crippen molar-refractivity contribution < 1.29 is 12.3 Å². The second-order valence-electron chi connectivity index (χ2n) is 2.50. The van der Waals surface area contributed by atoms with E-state index in [4.69, 9.17) is 12.3 Å². The van der Waals surface area contributed by atoms with Crippen molar-refractivity contribution in [2.24, 2.45) is 0 Å². The van der Waals surface area contributed by atoms with Gasteiger partial charge in [-0.15, -0.1) is 0 Å². The summed E-state index contributed by atoms with van der Waals surface area (Å²) in [6, 6.07) is -4.23. The zero-order chi connectivity index (χ0) is 16.9. The molecular formula is C13H12. The van der Waals surface area contributed by atoms with E-state index in [1.54, 1.807) is 0 Å². The van der Waals surface area contributed by atoms with Gasteiger partial charge in [0, 0.05) is 0 Å². The van der Waals surface area contributed by atoms with Crippen molar-refractivity contribution in [2.45, 2.75) is 6.92 Å². The van der Waals surface area contributed by atoms with Gasteiger partial charge in [0.25, 0.3) is 0 Å². The van der Waals surface area contributed by atoms with Gasteiger partial charge in [-0.3, -0.25) is 0 Å². The fourth-order valence-corrected chi connectivity index (χ4v) is 0.875. The normalized spacial score (nSPS) is 19.6. The summed E-state index contributed by atoms with van der Waals surface area (Å²) in [5, 5.41) is 0. The van der Waals surface area contributed by atoms with E-state index in [0.717, 1.165) is 0 Å². The molecular weight excluding hydrogens is 156 g/mol. The molecule has 2 aromatic carbocycles. The molecule has 0 heterocycles. The summed E-state index contributed by atoms with van der Waals surface area (Å²) >= 11 is 0. The van der Waals surface area contributed by atoms with Crippen LogP contribution in [0.3, 0.4) is 0 Å². The minimum absolute atomic E-state index is 0.145. The quantitative estimate of drug-likeness (QED) is 0.623. The molecule has 0 heteroatoms. The van der Waals surface area contributed by atoms with Crippen molar-refractivity contribution in [2.75, 3.05) is 0 Å². The Labute approximate surface area is 91.5 Å². The summed E-state index contributed by atoms with van der Waals surface area (Å²) in [7, 11) is 0. The molecule has 0 aliphatic carbocycles. The van der Waals surface area contributed by atoms with Crippen molar-refractivity contribution in [1.82, 2.24) is 0 Å². The van der Waals surface area contributed by atoms with Gasteiger partial charge < -0.3 is 0 Å². The first-order valence-corrected chi connectivity index (χ1v) is 3.75. The lowest BCUT2D eigenvalue weighted by Crippen LogP contribution is -1.76. The van der Waals surface area contributed by atoms with Gasteiger partial charge in [0.05, 0.1) is 12.3 Å². The van der Waals surface area contributed by atoms with Gasteiger partial charge >= 0.3 is 0 Å². The molecule has 2 aromatic rings. The highest BCUT2D eigenvalue weighted by Gasteiger charge is 1.93. The maximum Gasteiger partial charge on any atom is 0.0629 e. The Bertz CT molecular complexity index is 670. The number of benzene rings is 2. The third-order valence-electron chi connectivity index (χ3n) is 1.50. The predicted molar refractivity (Wildman–Crippen MR) is 56.6 cm³/mol. The largest absolute Gasteiger partial charge is 0.0629 e. The minimum atomic E-state index is -0.576. The van der Waals surface area contributed by atoms with Crippen LogP contribution in [0.1, 0.15) is 17.9 Å². The molecule has 0 spiro atoms. The van der Waals surface area contributed by atoms with Crippen molar-refractivity contribution in [3.05, 3.63) is 59.9 Å². The van der Waals surface area contributed by atoms with Crippen LogP contribution in [0.4, 0.5) is 0 Å². The predicted octanol–water partition coefficient (Wildman–Crippen LogP) is 3.66. The smallest absolute Gasteiger partial charge is 0.0622 e. The molecule has 0 amide bonds. The Morgan fingerprint density at radius 2 is 1.31 bits per heavy atom. The molecule has 0 saturated carbocycles. The Kier molecular flexibility index (Phi) is 0.718. The minimum Gasteiger partial charge on any atom is -0.0622 e. The van der Waals surface area contributed by atoms with Gasteiger partial charge in [0.1, 0.15) is 0 Å². The van der Waals surface area contributed by atoms with Crippen molar-refractivity contribution >= 4 is 0 Å². The standard InChI is InChI=1S/C13H12/c1-11-7-9-13(10-8-11)12-5-3-2-4-6-12/h2-10H,1H3/i2D,3D,4D,5D,6D,7D,8D,9D,10D. The van der Waals surface area contributed by atoms with Gasteiger partial charge in [-0.25, -0.2) is 0 Å². The van der Waals surface area contributed by atoms with Crippen LogP contribution in [-0.4, -0.2) is 0 Å². The highest BCUT2D eigenvalue weighted by molar-refractivity contribution is 5.63. The molecule has 2 rings (SSSR count). The highest BCUT2D eigenvalue weighted by Crippen LogP contribution is 2.18. The molecule has 0 N–H and O–H groups in total. The second-order valence-corrected chi connectivity index (χ2v) is 2.50. The molecule has 0 aliphatic rings. The van der Waals surface area contributed by atoms with Gasteiger partial charge in [0.15, 0.2) is 0 Å². The molecule has 0 radical (unpaired) electrons. The van der Waals surface area contributed by atoms with E-state index in [1.165, 1.54) is 6.92 Å². The Morgan fingerprint density at radius 1 is 0.769 bits per heavy atom. The van der Waals surface area contributed by atoms with Crippen LogP contribution in [-0.2, 0) is 0 Å². The summed E-state index contributed by atoms with van der Waals surface area (Å²) in [4.78, 5) is 0. The maximum atomic E-state index is 7.97. The summed E-state index contributed by atoms with van der Waals surface area (Å²) < 4.78 is 70.2. The number of hydrogen-bond donors (Lipinski definition) is 0.